The van der Waals surface area contributed by atoms with Gasteiger partial charge in [0.2, 0.25) is 0 Å². The fourth-order valence-electron chi connectivity index (χ4n) is 3.75. The van der Waals surface area contributed by atoms with Crippen LogP contribution < -0.4 is 4.74 Å². The maximum absolute atomic E-state index is 13.9. The van der Waals surface area contributed by atoms with Crippen LogP contribution in [0.25, 0.3) is 0 Å². The predicted molar refractivity (Wildman–Crippen MR) is 108 cm³/mol. The van der Waals surface area contributed by atoms with Crippen molar-refractivity contribution in [2.24, 2.45) is 0 Å². The number of fused-ring (bicyclic) bond motifs is 1. The van der Waals surface area contributed by atoms with E-state index in [4.69, 9.17) is 17.0 Å². The lowest BCUT2D eigenvalue weighted by atomic mass is 10.0. The summed E-state index contributed by atoms with van der Waals surface area (Å²) in [6, 6.07) is 11.7. The monoisotopic (exact) mass is 414 g/mol. The molecule has 0 saturated heterocycles. The van der Waals surface area contributed by atoms with Crippen LogP contribution in [0.5, 0.6) is 5.75 Å². The Morgan fingerprint density at radius 3 is 2.83 bits per heavy atom. The van der Waals surface area contributed by atoms with Gasteiger partial charge in [-0.15, -0.1) is 0 Å². The number of H-pyrrole nitrogens is 1. The minimum atomic E-state index is -0.701. The molecule has 0 aliphatic carbocycles. The van der Waals surface area contributed by atoms with Crippen LogP contribution >= 0.6 is 12.2 Å². The molecule has 7 heteroatoms. The number of ketones is 1. The van der Waals surface area contributed by atoms with Gasteiger partial charge in [0.1, 0.15) is 18.2 Å². The minimum Gasteiger partial charge on any atom is -0.488 e. The van der Waals surface area contributed by atoms with E-state index in [0.717, 1.165) is 17.3 Å². The molecular weight excluding hydrogens is 394 g/mol. The van der Waals surface area contributed by atoms with Gasteiger partial charge < -0.3 is 14.3 Å². The number of ether oxygens (including phenoxy) is 1. The molecule has 29 heavy (non-hydrogen) atoms. The van der Waals surface area contributed by atoms with Gasteiger partial charge in [-0.2, -0.15) is 0 Å². The molecule has 1 aromatic heterocycles. The third kappa shape index (κ3) is 4.29. The molecule has 4 rings (SSSR count). The summed E-state index contributed by atoms with van der Waals surface area (Å²) >= 11 is 5.39. The van der Waals surface area contributed by atoms with E-state index in [1.165, 1.54) is 6.07 Å². The Morgan fingerprint density at radius 2 is 2.03 bits per heavy atom. The number of rotatable bonds is 6. The highest BCUT2D eigenvalue weighted by molar-refractivity contribution is 7.71. The molecule has 0 unspecified atom stereocenters. The highest BCUT2D eigenvalue weighted by Gasteiger charge is 2.27. The Labute approximate surface area is 172 Å². The molecule has 150 valence electrons. The number of aromatic amines is 1. The maximum atomic E-state index is 13.9. The van der Waals surface area contributed by atoms with Gasteiger partial charge in [-0.05, 0) is 30.3 Å². The topological polar surface area (TPSA) is 47.0 Å². The van der Waals surface area contributed by atoms with Gasteiger partial charge >= 0.3 is 0 Å². The summed E-state index contributed by atoms with van der Waals surface area (Å²) in [6.07, 6.45) is 3.46. The average Bonchev–Trinajstić information content (AvgIpc) is 3.06. The number of hydrogen-bond acceptors (Lipinski definition) is 3. The Morgan fingerprint density at radius 1 is 1.24 bits per heavy atom. The van der Waals surface area contributed by atoms with E-state index >= 15 is 0 Å². The molecule has 3 aromatic rings. The predicted octanol–water partition coefficient (Wildman–Crippen LogP) is 4.74. The second-order valence-corrected chi connectivity index (χ2v) is 7.59. The zero-order chi connectivity index (χ0) is 20.4. The second-order valence-electron chi connectivity index (χ2n) is 7.20. The van der Waals surface area contributed by atoms with E-state index in [-0.39, 0.29) is 30.6 Å². The summed E-state index contributed by atoms with van der Waals surface area (Å²) in [7, 11) is 0. The molecule has 0 bridgehead atoms. The van der Waals surface area contributed by atoms with Gasteiger partial charge in [0, 0.05) is 42.8 Å². The summed E-state index contributed by atoms with van der Waals surface area (Å²) in [5, 5.41) is 0. The first-order chi connectivity index (χ1) is 14.0. The Hall–Kier alpha value is -2.80. The average molecular weight is 414 g/mol. The van der Waals surface area contributed by atoms with Crippen LogP contribution in [0.3, 0.4) is 0 Å². The number of aromatic nitrogens is 2. The summed E-state index contributed by atoms with van der Waals surface area (Å²) in [5.41, 5.74) is 2.33. The number of aryl methyl sites for hydroxylation is 1. The van der Waals surface area contributed by atoms with Gasteiger partial charge in [-0.3, -0.25) is 4.79 Å². The van der Waals surface area contributed by atoms with Crippen LogP contribution in [0.4, 0.5) is 8.78 Å². The van der Waals surface area contributed by atoms with E-state index in [2.05, 4.69) is 4.98 Å². The van der Waals surface area contributed by atoms with E-state index in [9.17, 15) is 13.6 Å². The number of Topliss-reactive ketones (excluding diaryl/α,β-unsaturated/α-hetero) is 1. The van der Waals surface area contributed by atoms with Crippen molar-refractivity contribution in [3.63, 3.8) is 0 Å². The summed E-state index contributed by atoms with van der Waals surface area (Å²) < 4.78 is 35.4. The first-order valence-electron chi connectivity index (χ1n) is 9.46. The fourth-order valence-corrected chi connectivity index (χ4v) is 4.08. The smallest absolute Gasteiger partial charge is 0.177 e. The largest absolute Gasteiger partial charge is 0.488 e. The fraction of sp³-hybridized carbons (Fsp3) is 0.273. The molecule has 1 atom stereocenters. The number of imidazole rings is 1. The zero-order valence-corrected chi connectivity index (χ0v) is 16.5. The lowest BCUT2D eigenvalue weighted by Gasteiger charge is -2.27. The van der Waals surface area contributed by atoms with Crippen LogP contribution in [-0.4, -0.2) is 21.9 Å². The number of nitrogens with zero attached hydrogens (tertiary/aromatic N) is 1. The standard InChI is InChI=1S/C22H20F2N2O2S/c23-16-8-15-9-18(13-28-21(15)20(24)10-16)26-17(12-25-22(26)29)11-19(27)7-6-14-4-2-1-3-5-14/h1-5,8,10,12,18H,6-7,9,11,13H2,(H,25,29)/t18-/m1/s1. The maximum Gasteiger partial charge on any atom is 0.177 e. The third-order valence-corrected chi connectivity index (χ3v) is 5.44. The molecule has 2 aromatic carbocycles. The van der Waals surface area contributed by atoms with Crippen LogP contribution in [0, 0.1) is 16.4 Å². The van der Waals surface area contributed by atoms with Crippen LogP contribution in [0.15, 0.2) is 48.7 Å². The van der Waals surface area contributed by atoms with Crippen LogP contribution in [-0.2, 0) is 24.1 Å². The molecule has 0 spiro atoms. The van der Waals surface area contributed by atoms with Crippen molar-refractivity contribution in [1.82, 2.24) is 9.55 Å². The van der Waals surface area contributed by atoms with Crippen molar-refractivity contribution in [3.05, 3.63) is 81.9 Å². The number of nitrogens with one attached hydrogen (secondary N) is 1. The summed E-state index contributed by atoms with van der Waals surface area (Å²) in [6.45, 7) is 0.201. The molecule has 1 aliphatic rings. The zero-order valence-electron chi connectivity index (χ0n) is 15.7. The van der Waals surface area contributed by atoms with Gasteiger partial charge in [0.05, 0.1) is 6.04 Å². The van der Waals surface area contributed by atoms with E-state index in [1.807, 2.05) is 34.9 Å². The SMILES string of the molecule is O=C(CCc1ccccc1)Cc1c[nH]c(=S)n1[C@H]1COc2c(F)cc(F)cc2C1. The normalized spacial score (nSPS) is 15.6. The van der Waals surface area contributed by atoms with Crippen molar-refractivity contribution >= 4 is 18.0 Å². The molecule has 1 N–H and O–H groups in total. The van der Waals surface area contributed by atoms with Crippen molar-refractivity contribution in [2.75, 3.05) is 6.61 Å². The molecule has 4 nitrogen and oxygen atoms in total. The summed E-state index contributed by atoms with van der Waals surface area (Å²) in [4.78, 5) is 15.5. The van der Waals surface area contributed by atoms with Gasteiger partial charge in [-0.25, -0.2) is 8.78 Å². The Kier molecular flexibility index (Phi) is 5.58. The quantitative estimate of drug-likeness (QED) is 0.593. The summed E-state index contributed by atoms with van der Waals surface area (Å²) in [5.74, 6) is -1.15. The number of hydrogen-bond donors (Lipinski definition) is 1. The Balaban J connectivity index is 1.49. The first-order valence-corrected chi connectivity index (χ1v) is 9.87. The minimum absolute atomic E-state index is 0.0881. The molecule has 0 fully saturated rings. The van der Waals surface area contributed by atoms with Crippen molar-refractivity contribution in [3.8, 4) is 5.75 Å². The third-order valence-electron chi connectivity index (χ3n) is 5.13. The lowest BCUT2D eigenvalue weighted by molar-refractivity contribution is -0.118. The van der Waals surface area contributed by atoms with Gasteiger partial charge in [0.25, 0.3) is 0 Å². The molecule has 1 aliphatic heterocycles. The van der Waals surface area contributed by atoms with Crippen LogP contribution in [0.2, 0.25) is 0 Å². The highest BCUT2D eigenvalue weighted by Crippen LogP contribution is 2.33. The van der Waals surface area contributed by atoms with Crippen molar-refractivity contribution in [1.29, 1.82) is 0 Å². The number of halogens is 2. The molecular formula is C22H20F2N2O2S. The molecule has 0 radical (unpaired) electrons. The first kappa shape index (κ1) is 19.5. The van der Waals surface area contributed by atoms with Crippen molar-refractivity contribution < 1.29 is 18.3 Å². The molecule has 2 heterocycles. The number of benzene rings is 2. The lowest BCUT2D eigenvalue weighted by Crippen LogP contribution is -2.27. The molecule has 0 saturated carbocycles. The van der Waals surface area contributed by atoms with Gasteiger partial charge in [0.15, 0.2) is 16.3 Å². The molecule has 0 amide bonds. The van der Waals surface area contributed by atoms with E-state index in [1.54, 1.807) is 6.20 Å². The number of carbonyl (C=O) groups excluding carboxylic acids is 1. The van der Waals surface area contributed by atoms with E-state index in [0.29, 0.717) is 29.6 Å². The van der Waals surface area contributed by atoms with E-state index < -0.39 is 11.6 Å². The number of carbonyl (C=O) groups is 1. The van der Waals surface area contributed by atoms with Crippen LogP contribution in [0.1, 0.15) is 29.3 Å². The highest BCUT2D eigenvalue weighted by atomic mass is 32.1. The second kappa shape index (κ2) is 8.29. The van der Waals surface area contributed by atoms with Gasteiger partial charge in [-0.1, -0.05) is 30.3 Å². The van der Waals surface area contributed by atoms with Crippen molar-refractivity contribution in [2.45, 2.75) is 31.7 Å². The Bertz CT molecular complexity index is 1090.